The fraction of sp³-hybridized carbons (Fsp3) is 0.143. The van der Waals surface area contributed by atoms with Crippen molar-refractivity contribution in [3.63, 3.8) is 0 Å². The molecule has 2 rings (SSSR count). The van der Waals surface area contributed by atoms with E-state index in [1.54, 1.807) is 12.1 Å². The minimum Gasteiger partial charge on any atom is -0.398 e. The Hall–Kier alpha value is -1.50. The van der Waals surface area contributed by atoms with E-state index < -0.39 is 0 Å². The second-order valence-corrected chi connectivity index (χ2v) is 5.30. The van der Waals surface area contributed by atoms with Crippen LogP contribution in [0.25, 0.3) is 0 Å². The summed E-state index contributed by atoms with van der Waals surface area (Å²) in [6.45, 7) is 0. The second-order valence-electron chi connectivity index (χ2n) is 4.45. The fourth-order valence-electron chi connectivity index (χ4n) is 2.01. The predicted octanol–water partition coefficient (Wildman–Crippen LogP) is 3.06. The van der Waals surface area contributed by atoms with Crippen molar-refractivity contribution >= 4 is 21.6 Å². The quantitative estimate of drug-likeness (QED) is 0.455. The number of hydrogen-bond acceptors (Lipinski definition) is 3. The Balaban J connectivity index is 2.28. The third-order valence-electron chi connectivity index (χ3n) is 3.05. The van der Waals surface area contributed by atoms with Crippen LogP contribution in [0.4, 0.5) is 14.5 Å². The summed E-state index contributed by atoms with van der Waals surface area (Å²) < 4.78 is 26.9. The van der Waals surface area contributed by atoms with Crippen molar-refractivity contribution in [1.29, 1.82) is 0 Å². The Bertz CT molecular complexity index is 619. The molecular weight excluding hydrogens is 328 g/mol. The topological polar surface area (TPSA) is 64.1 Å². The van der Waals surface area contributed by atoms with Gasteiger partial charge in [0.25, 0.3) is 0 Å². The molecule has 2 aromatic rings. The van der Waals surface area contributed by atoms with E-state index in [-0.39, 0.29) is 17.7 Å². The van der Waals surface area contributed by atoms with E-state index in [0.717, 1.165) is 5.56 Å². The molecule has 6 heteroatoms. The smallest absolute Gasteiger partial charge is 0.137 e. The van der Waals surface area contributed by atoms with Crippen molar-refractivity contribution in [2.75, 3.05) is 5.73 Å². The monoisotopic (exact) mass is 341 g/mol. The van der Waals surface area contributed by atoms with Gasteiger partial charge in [-0.2, -0.15) is 0 Å². The number of nitrogens with two attached hydrogens (primary N) is 2. The molecule has 5 N–H and O–H groups in total. The van der Waals surface area contributed by atoms with Gasteiger partial charge in [0.15, 0.2) is 0 Å². The number of rotatable bonds is 4. The molecule has 1 atom stereocenters. The number of hydrogen-bond donors (Lipinski definition) is 3. The van der Waals surface area contributed by atoms with Crippen LogP contribution in [-0.2, 0) is 6.42 Å². The molecule has 1 unspecified atom stereocenters. The Morgan fingerprint density at radius 1 is 1.15 bits per heavy atom. The van der Waals surface area contributed by atoms with Crippen molar-refractivity contribution in [3.8, 4) is 0 Å². The lowest BCUT2D eigenvalue weighted by atomic mass is 9.98. The summed E-state index contributed by atoms with van der Waals surface area (Å²) in [7, 11) is 0. The standard InChI is InChI=1S/C14H14BrF2N3/c15-11-5-8(1-3-12(11)17)6-14(20-19)10-7-9(16)2-4-13(10)18/h1-5,7,14,20H,6,18-19H2. The zero-order chi connectivity index (χ0) is 14.7. The molecular formula is C14H14BrF2N3. The normalized spacial score (nSPS) is 12.4. The van der Waals surface area contributed by atoms with E-state index in [9.17, 15) is 8.78 Å². The molecule has 0 fully saturated rings. The number of nitrogens with one attached hydrogen (secondary N) is 1. The molecule has 0 saturated carbocycles. The first-order chi connectivity index (χ1) is 9.51. The summed E-state index contributed by atoms with van der Waals surface area (Å²) in [5, 5.41) is 0. The van der Waals surface area contributed by atoms with E-state index in [4.69, 9.17) is 11.6 Å². The highest BCUT2D eigenvalue weighted by atomic mass is 79.9. The van der Waals surface area contributed by atoms with Gasteiger partial charge in [-0.25, -0.2) is 8.78 Å². The summed E-state index contributed by atoms with van der Waals surface area (Å²) in [5.74, 6) is 4.81. The Morgan fingerprint density at radius 2 is 1.90 bits per heavy atom. The largest absolute Gasteiger partial charge is 0.398 e. The van der Waals surface area contributed by atoms with Crippen LogP contribution in [0.5, 0.6) is 0 Å². The third-order valence-corrected chi connectivity index (χ3v) is 3.66. The maximum absolute atomic E-state index is 13.3. The molecule has 0 radical (unpaired) electrons. The van der Waals surface area contributed by atoms with Gasteiger partial charge >= 0.3 is 0 Å². The van der Waals surface area contributed by atoms with Crippen LogP contribution < -0.4 is 17.0 Å². The van der Waals surface area contributed by atoms with Crippen molar-refractivity contribution in [1.82, 2.24) is 5.43 Å². The summed E-state index contributed by atoms with van der Waals surface area (Å²) in [4.78, 5) is 0. The van der Waals surface area contributed by atoms with Gasteiger partial charge in [0.2, 0.25) is 0 Å². The molecule has 0 aliphatic rings. The number of benzene rings is 2. The SMILES string of the molecule is NNC(Cc1ccc(F)c(Br)c1)c1cc(F)ccc1N. The lowest BCUT2D eigenvalue weighted by Gasteiger charge is -2.18. The summed E-state index contributed by atoms with van der Waals surface area (Å²) in [6, 6.07) is 8.45. The van der Waals surface area contributed by atoms with Crippen molar-refractivity contribution in [3.05, 3.63) is 63.6 Å². The molecule has 0 heterocycles. The average molecular weight is 342 g/mol. The minimum atomic E-state index is -0.380. The zero-order valence-electron chi connectivity index (χ0n) is 10.5. The van der Waals surface area contributed by atoms with Crippen LogP contribution in [0.2, 0.25) is 0 Å². The van der Waals surface area contributed by atoms with Gasteiger partial charge in [-0.15, -0.1) is 0 Å². The van der Waals surface area contributed by atoms with Gasteiger partial charge in [-0.3, -0.25) is 11.3 Å². The highest BCUT2D eigenvalue weighted by Gasteiger charge is 2.15. The molecule has 3 nitrogen and oxygen atoms in total. The molecule has 2 aromatic carbocycles. The molecule has 0 aliphatic carbocycles. The first kappa shape index (κ1) is 14.9. The lowest BCUT2D eigenvalue weighted by molar-refractivity contribution is 0.545. The third kappa shape index (κ3) is 3.33. The number of nitrogen functional groups attached to an aromatic ring is 1. The highest BCUT2D eigenvalue weighted by molar-refractivity contribution is 9.10. The Morgan fingerprint density at radius 3 is 2.55 bits per heavy atom. The van der Waals surface area contributed by atoms with Crippen LogP contribution in [0, 0.1) is 11.6 Å². The average Bonchev–Trinajstić information content (AvgIpc) is 2.43. The van der Waals surface area contributed by atoms with Gasteiger partial charge in [0, 0.05) is 5.69 Å². The number of hydrazine groups is 1. The van der Waals surface area contributed by atoms with Crippen LogP contribution >= 0.6 is 15.9 Å². The zero-order valence-corrected chi connectivity index (χ0v) is 12.1. The Kier molecular flexibility index (Phi) is 4.69. The van der Waals surface area contributed by atoms with Gasteiger partial charge in [-0.05, 0) is 63.8 Å². The minimum absolute atomic E-state index is 0.337. The molecule has 0 amide bonds. The van der Waals surface area contributed by atoms with E-state index in [2.05, 4.69) is 21.4 Å². The number of halogens is 3. The molecule has 0 aromatic heterocycles. The van der Waals surface area contributed by atoms with Gasteiger partial charge in [0.05, 0.1) is 10.5 Å². The molecule has 0 aliphatic heterocycles. The lowest BCUT2D eigenvalue weighted by Crippen LogP contribution is -2.30. The summed E-state index contributed by atoms with van der Waals surface area (Å²) >= 11 is 3.13. The predicted molar refractivity (Wildman–Crippen MR) is 78.7 cm³/mol. The van der Waals surface area contributed by atoms with Crippen molar-refractivity contribution < 1.29 is 8.78 Å². The van der Waals surface area contributed by atoms with Crippen LogP contribution in [0.1, 0.15) is 17.2 Å². The van der Waals surface area contributed by atoms with Crippen LogP contribution in [0.15, 0.2) is 40.9 Å². The second kappa shape index (κ2) is 6.30. The first-order valence-electron chi connectivity index (χ1n) is 5.96. The summed E-state index contributed by atoms with van der Waals surface area (Å²) in [5.41, 5.74) is 10.3. The number of anilines is 1. The molecule has 0 spiro atoms. The van der Waals surface area contributed by atoms with E-state index in [1.807, 2.05) is 0 Å². The van der Waals surface area contributed by atoms with Crippen molar-refractivity contribution in [2.24, 2.45) is 5.84 Å². The Labute approximate surface area is 124 Å². The van der Waals surface area contributed by atoms with E-state index >= 15 is 0 Å². The maximum atomic E-state index is 13.3. The highest BCUT2D eigenvalue weighted by Crippen LogP contribution is 2.26. The van der Waals surface area contributed by atoms with Crippen molar-refractivity contribution in [2.45, 2.75) is 12.5 Å². The molecule has 0 bridgehead atoms. The van der Waals surface area contributed by atoms with Crippen LogP contribution in [-0.4, -0.2) is 0 Å². The summed E-state index contributed by atoms with van der Waals surface area (Å²) in [6.07, 6.45) is 0.461. The maximum Gasteiger partial charge on any atom is 0.137 e. The van der Waals surface area contributed by atoms with Gasteiger partial charge < -0.3 is 5.73 Å². The van der Waals surface area contributed by atoms with Gasteiger partial charge in [0.1, 0.15) is 11.6 Å². The molecule has 106 valence electrons. The van der Waals surface area contributed by atoms with Crippen LogP contribution in [0.3, 0.4) is 0 Å². The molecule has 20 heavy (non-hydrogen) atoms. The van der Waals surface area contributed by atoms with E-state index in [0.29, 0.717) is 22.1 Å². The van der Waals surface area contributed by atoms with Gasteiger partial charge in [-0.1, -0.05) is 6.07 Å². The first-order valence-corrected chi connectivity index (χ1v) is 6.75. The molecule has 0 saturated heterocycles. The van der Waals surface area contributed by atoms with E-state index in [1.165, 1.54) is 24.3 Å². The fourth-order valence-corrected chi connectivity index (χ4v) is 2.43.